The molecular weight excluding hydrogens is 214 g/mol. The van der Waals surface area contributed by atoms with E-state index in [1.807, 2.05) is 6.92 Å². The quantitative estimate of drug-likeness (QED) is 0.832. The maximum Gasteiger partial charge on any atom is 0.127 e. The molecule has 1 heterocycles. The van der Waals surface area contributed by atoms with Gasteiger partial charge in [0.2, 0.25) is 0 Å². The van der Waals surface area contributed by atoms with Gasteiger partial charge in [-0.2, -0.15) is 5.26 Å². The lowest BCUT2D eigenvalue weighted by atomic mass is 10.1. The molecule has 2 rings (SSSR count). The number of hydrogen-bond acceptors (Lipinski definition) is 4. The average Bonchev–Trinajstić information content (AvgIpc) is 2.71. The Labute approximate surface area is 101 Å². The fraction of sp³-hybridized carbons (Fsp3) is 0.538. The maximum absolute atomic E-state index is 9.71. The van der Waals surface area contributed by atoms with E-state index in [0.717, 1.165) is 37.3 Å². The number of aliphatic hydroxyl groups is 1. The van der Waals surface area contributed by atoms with Crippen LogP contribution in [0.3, 0.4) is 0 Å². The first-order chi connectivity index (χ1) is 8.19. The summed E-state index contributed by atoms with van der Waals surface area (Å²) in [7, 11) is 0. The predicted octanol–water partition coefficient (Wildman–Crippen LogP) is 1.83. The summed E-state index contributed by atoms with van der Waals surface area (Å²) in [5.74, 6) is 1.03. The third-order valence-electron chi connectivity index (χ3n) is 3.25. The molecular formula is C13H17N3O. The molecule has 4 heteroatoms. The fourth-order valence-electron chi connectivity index (χ4n) is 2.31. The van der Waals surface area contributed by atoms with E-state index >= 15 is 0 Å². The van der Waals surface area contributed by atoms with Crippen molar-refractivity contribution in [3.8, 4) is 6.07 Å². The summed E-state index contributed by atoms with van der Waals surface area (Å²) in [5.41, 5.74) is 1.45. The lowest BCUT2D eigenvalue weighted by molar-refractivity contribution is 0.138. The zero-order valence-electron chi connectivity index (χ0n) is 9.98. The second-order valence-electron chi connectivity index (χ2n) is 4.63. The van der Waals surface area contributed by atoms with Crippen molar-refractivity contribution in [1.82, 2.24) is 4.98 Å². The van der Waals surface area contributed by atoms with Gasteiger partial charge in [0.1, 0.15) is 5.82 Å². The molecule has 17 heavy (non-hydrogen) atoms. The maximum atomic E-state index is 9.71. The van der Waals surface area contributed by atoms with E-state index in [-0.39, 0.29) is 6.10 Å². The molecule has 90 valence electrons. The van der Waals surface area contributed by atoms with Crippen molar-refractivity contribution in [2.24, 2.45) is 5.92 Å². The van der Waals surface area contributed by atoms with Gasteiger partial charge in [-0.15, -0.1) is 0 Å². The Morgan fingerprint density at radius 2 is 2.35 bits per heavy atom. The lowest BCUT2D eigenvalue weighted by Crippen LogP contribution is -2.22. The molecule has 1 saturated carbocycles. The Morgan fingerprint density at radius 1 is 1.53 bits per heavy atom. The van der Waals surface area contributed by atoms with Crippen LogP contribution in [0.15, 0.2) is 12.1 Å². The molecule has 0 aromatic carbocycles. The highest BCUT2D eigenvalue weighted by atomic mass is 16.3. The smallest absolute Gasteiger partial charge is 0.127 e. The monoisotopic (exact) mass is 231 g/mol. The van der Waals surface area contributed by atoms with Gasteiger partial charge in [0, 0.05) is 18.2 Å². The summed E-state index contributed by atoms with van der Waals surface area (Å²) in [6, 6.07) is 5.62. The molecule has 2 atom stereocenters. The minimum Gasteiger partial charge on any atom is -0.393 e. The van der Waals surface area contributed by atoms with Gasteiger partial charge >= 0.3 is 0 Å². The first kappa shape index (κ1) is 11.9. The van der Waals surface area contributed by atoms with Crippen molar-refractivity contribution >= 4 is 5.82 Å². The standard InChI is InChI=1S/C13H17N3O/c1-9-5-10(7-14)6-13(16-9)15-8-11-3-2-4-12(11)17/h5-6,11-12,17H,2-4,8H2,1H3,(H,15,16). The van der Waals surface area contributed by atoms with Gasteiger partial charge in [0.05, 0.1) is 17.7 Å². The lowest BCUT2D eigenvalue weighted by Gasteiger charge is -2.15. The molecule has 0 saturated heterocycles. The summed E-state index contributed by atoms with van der Waals surface area (Å²) in [5, 5.41) is 21.8. The molecule has 0 spiro atoms. The molecule has 4 nitrogen and oxygen atoms in total. The number of nitriles is 1. The molecule has 1 aliphatic rings. The van der Waals surface area contributed by atoms with Gasteiger partial charge in [-0.3, -0.25) is 0 Å². The Hall–Kier alpha value is -1.60. The van der Waals surface area contributed by atoms with E-state index in [4.69, 9.17) is 5.26 Å². The fourth-order valence-corrected chi connectivity index (χ4v) is 2.31. The molecule has 0 bridgehead atoms. The Bertz CT molecular complexity index is 439. The third-order valence-corrected chi connectivity index (χ3v) is 3.25. The molecule has 0 radical (unpaired) electrons. The van der Waals surface area contributed by atoms with Gasteiger partial charge in [0.25, 0.3) is 0 Å². The van der Waals surface area contributed by atoms with Gasteiger partial charge in [0.15, 0.2) is 0 Å². The zero-order chi connectivity index (χ0) is 12.3. The second-order valence-corrected chi connectivity index (χ2v) is 4.63. The first-order valence-electron chi connectivity index (χ1n) is 6.00. The van der Waals surface area contributed by atoms with Crippen molar-refractivity contribution < 1.29 is 5.11 Å². The highest BCUT2D eigenvalue weighted by Gasteiger charge is 2.24. The topological polar surface area (TPSA) is 68.9 Å². The van der Waals surface area contributed by atoms with E-state index in [2.05, 4.69) is 16.4 Å². The summed E-state index contributed by atoms with van der Waals surface area (Å²) < 4.78 is 0. The number of nitrogens with zero attached hydrogens (tertiary/aromatic N) is 2. The van der Waals surface area contributed by atoms with Crippen LogP contribution in [0.1, 0.15) is 30.5 Å². The third kappa shape index (κ3) is 2.95. The predicted molar refractivity (Wildman–Crippen MR) is 65.5 cm³/mol. The van der Waals surface area contributed by atoms with Crippen LogP contribution in [-0.4, -0.2) is 22.7 Å². The number of rotatable bonds is 3. The molecule has 1 fully saturated rings. The number of aliphatic hydroxyl groups excluding tert-OH is 1. The van der Waals surface area contributed by atoms with Crippen molar-refractivity contribution in [2.45, 2.75) is 32.3 Å². The number of pyridine rings is 1. The second kappa shape index (κ2) is 5.15. The van der Waals surface area contributed by atoms with Crippen LogP contribution in [0.4, 0.5) is 5.82 Å². The SMILES string of the molecule is Cc1cc(C#N)cc(NCC2CCCC2O)n1. The number of hydrogen-bond donors (Lipinski definition) is 2. The highest BCUT2D eigenvalue weighted by Crippen LogP contribution is 2.25. The summed E-state index contributed by atoms with van der Waals surface area (Å²) in [6.45, 7) is 2.60. The van der Waals surface area contributed by atoms with Crippen molar-refractivity contribution in [3.63, 3.8) is 0 Å². The van der Waals surface area contributed by atoms with Crippen molar-refractivity contribution in [2.75, 3.05) is 11.9 Å². The van der Waals surface area contributed by atoms with Crippen LogP contribution in [-0.2, 0) is 0 Å². The van der Waals surface area contributed by atoms with E-state index in [1.54, 1.807) is 12.1 Å². The van der Waals surface area contributed by atoms with Crippen LogP contribution < -0.4 is 5.32 Å². The van der Waals surface area contributed by atoms with Gasteiger partial charge < -0.3 is 10.4 Å². The summed E-state index contributed by atoms with van der Waals surface area (Å²) in [4.78, 5) is 4.32. The Kier molecular flexibility index (Phi) is 3.60. The molecule has 0 aliphatic heterocycles. The average molecular weight is 231 g/mol. The molecule has 2 N–H and O–H groups in total. The van der Waals surface area contributed by atoms with Crippen LogP contribution >= 0.6 is 0 Å². The van der Waals surface area contributed by atoms with Crippen LogP contribution in [0.5, 0.6) is 0 Å². The highest BCUT2D eigenvalue weighted by molar-refractivity contribution is 5.44. The first-order valence-corrected chi connectivity index (χ1v) is 6.00. The molecule has 2 unspecified atom stereocenters. The van der Waals surface area contributed by atoms with Crippen LogP contribution in [0, 0.1) is 24.2 Å². The minimum absolute atomic E-state index is 0.192. The molecule has 1 aromatic heterocycles. The summed E-state index contributed by atoms with van der Waals surface area (Å²) >= 11 is 0. The normalized spacial score (nSPS) is 23.4. The van der Waals surface area contributed by atoms with E-state index in [0.29, 0.717) is 11.5 Å². The minimum atomic E-state index is -0.192. The van der Waals surface area contributed by atoms with Gasteiger partial charge in [-0.05, 0) is 31.9 Å². The number of nitrogens with one attached hydrogen (secondary N) is 1. The van der Waals surface area contributed by atoms with Crippen molar-refractivity contribution in [3.05, 3.63) is 23.4 Å². The summed E-state index contributed by atoms with van der Waals surface area (Å²) in [6.07, 6.45) is 2.86. The van der Waals surface area contributed by atoms with E-state index < -0.39 is 0 Å². The van der Waals surface area contributed by atoms with Crippen LogP contribution in [0.25, 0.3) is 0 Å². The Balaban J connectivity index is 1.99. The van der Waals surface area contributed by atoms with Crippen molar-refractivity contribution in [1.29, 1.82) is 5.26 Å². The Morgan fingerprint density at radius 3 is 3.00 bits per heavy atom. The largest absolute Gasteiger partial charge is 0.393 e. The zero-order valence-corrected chi connectivity index (χ0v) is 9.98. The number of anilines is 1. The molecule has 0 amide bonds. The van der Waals surface area contributed by atoms with Crippen LogP contribution in [0.2, 0.25) is 0 Å². The number of aryl methyl sites for hydroxylation is 1. The van der Waals surface area contributed by atoms with E-state index in [1.165, 1.54) is 0 Å². The molecule has 1 aliphatic carbocycles. The van der Waals surface area contributed by atoms with Gasteiger partial charge in [-0.25, -0.2) is 4.98 Å². The van der Waals surface area contributed by atoms with Gasteiger partial charge in [-0.1, -0.05) is 6.42 Å². The molecule has 1 aromatic rings. The van der Waals surface area contributed by atoms with E-state index in [9.17, 15) is 5.11 Å². The number of aromatic nitrogens is 1.